The fourth-order valence-electron chi connectivity index (χ4n) is 8.70. The molecular formula is C48H74N6O7. The van der Waals surface area contributed by atoms with Gasteiger partial charge in [0.05, 0.1) is 23.8 Å². The first-order valence-electron chi connectivity index (χ1n) is 22.7. The van der Waals surface area contributed by atoms with Crippen LogP contribution in [0.5, 0.6) is 0 Å². The minimum atomic E-state index is -0.782. The number of aryl methyl sites for hydroxylation is 1. The molecule has 0 unspecified atom stereocenters. The molecule has 4 amide bonds. The Labute approximate surface area is 365 Å². The fraction of sp³-hybridized carbons (Fsp3) is 0.688. The first-order chi connectivity index (χ1) is 28.8. The molecule has 13 heteroatoms. The number of benzene rings is 1. The standard InChI is InChI=1S/C48H74N6O7/c1-46(2,3)59-43(56)53-32-31-51(30-26-39(35-19-11-10-12-20-35)50-42(55)37-21-13-14-22-37)33-38(53)34-52(40-25-17-23-36-24-18-27-49-41(36)40)28-15-16-29-54(44(57)60-47(4,5)6)45(58)61-48(7,8)9/h10-12,18-20,24,27,37-40H,13-17,21-23,25-26,28-34H2,1-9H3,(H,50,55)/t38-,39+,40+/m1/s1. The number of fused-ring (bicyclic) bond motifs is 1. The van der Waals surface area contributed by atoms with Crippen molar-refractivity contribution in [2.24, 2.45) is 5.92 Å². The molecule has 2 fully saturated rings. The van der Waals surface area contributed by atoms with Crippen LogP contribution in [0.15, 0.2) is 48.7 Å². The zero-order valence-corrected chi connectivity index (χ0v) is 38.5. The third kappa shape index (κ3) is 15.0. The third-order valence-electron chi connectivity index (χ3n) is 11.5. The van der Waals surface area contributed by atoms with Gasteiger partial charge in [-0.15, -0.1) is 0 Å². The van der Waals surface area contributed by atoms with E-state index < -0.39 is 29.0 Å². The first kappa shape index (κ1) is 47.8. The van der Waals surface area contributed by atoms with Gasteiger partial charge in [0.15, 0.2) is 0 Å². The number of ether oxygens (including phenoxy) is 3. The summed E-state index contributed by atoms with van der Waals surface area (Å²) in [6.45, 7) is 20.3. The second kappa shape index (κ2) is 21.2. The normalized spacial score (nSPS) is 19.5. The lowest BCUT2D eigenvalue weighted by Crippen LogP contribution is -2.60. The van der Waals surface area contributed by atoms with Crippen LogP contribution < -0.4 is 5.32 Å². The molecule has 0 spiro atoms. The van der Waals surface area contributed by atoms with E-state index in [9.17, 15) is 19.2 Å². The van der Waals surface area contributed by atoms with Gasteiger partial charge in [0.25, 0.3) is 0 Å². The summed E-state index contributed by atoms with van der Waals surface area (Å²) in [5.41, 5.74) is 1.19. The molecule has 5 rings (SSSR count). The molecule has 2 aliphatic carbocycles. The predicted octanol–water partition coefficient (Wildman–Crippen LogP) is 9.07. The Kier molecular flexibility index (Phi) is 16.6. The monoisotopic (exact) mass is 847 g/mol. The van der Waals surface area contributed by atoms with Gasteiger partial charge in [-0.1, -0.05) is 49.2 Å². The number of carbonyl (C=O) groups excluding carboxylic acids is 4. The molecule has 3 atom stereocenters. The van der Waals surface area contributed by atoms with E-state index in [1.54, 1.807) is 41.5 Å². The number of hydrogen-bond donors (Lipinski definition) is 1. The van der Waals surface area contributed by atoms with E-state index in [1.165, 1.54) is 5.56 Å². The molecule has 1 aliphatic heterocycles. The van der Waals surface area contributed by atoms with Gasteiger partial charge in [-0.3, -0.25) is 19.6 Å². The molecule has 3 aliphatic rings. The Bertz CT molecular complexity index is 1720. The maximum absolute atomic E-state index is 14.0. The van der Waals surface area contributed by atoms with E-state index in [-0.39, 0.29) is 42.6 Å². The molecule has 1 saturated heterocycles. The predicted molar refractivity (Wildman–Crippen MR) is 237 cm³/mol. The summed E-state index contributed by atoms with van der Waals surface area (Å²) in [4.78, 5) is 66.7. The summed E-state index contributed by atoms with van der Waals surface area (Å²) in [5, 5.41) is 3.41. The van der Waals surface area contributed by atoms with E-state index >= 15 is 0 Å². The highest BCUT2D eigenvalue weighted by Crippen LogP contribution is 2.34. The Morgan fingerprint density at radius 3 is 2.07 bits per heavy atom. The number of pyridine rings is 1. The maximum atomic E-state index is 14.0. The number of imide groups is 1. The molecule has 1 aromatic carbocycles. The van der Waals surface area contributed by atoms with Crippen molar-refractivity contribution in [3.05, 3.63) is 65.5 Å². The SMILES string of the molecule is CC(C)(C)OC(=O)N(CCCCN(C[C@H]1CN(CC[C@H](NC(=O)C2CCCC2)c2ccccc2)CCN1C(=O)OC(C)(C)C)[C@H]1CCCc2cccnc21)C(=O)OC(C)(C)C. The van der Waals surface area contributed by atoms with Gasteiger partial charge in [0.2, 0.25) is 5.91 Å². The molecule has 1 aromatic heterocycles. The minimum absolute atomic E-state index is 0.0295. The van der Waals surface area contributed by atoms with E-state index in [0.717, 1.165) is 74.1 Å². The lowest BCUT2D eigenvalue weighted by Gasteiger charge is -2.45. The molecule has 2 aromatic rings. The van der Waals surface area contributed by atoms with Crippen LogP contribution in [0.1, 0.15) is 149 Å². The van der Waals surface area contributed by atoms with Crippen LogP contribution in [0.3, 0.4) is 0 Å². The van der Waals surface area contributed by atoms with Crippen molar-refractivity contribution in [3.63, 3.8) is 0 Å². The number of piperazine rings is 1. The summed E-state index contributed by atoms with van der Waals surface area (Å²) in [5.74, 6) is 0.229. The Morgan fingerprint density at radius 2 is 1.43 bits per heavy atom. The third-order valence-corrected chi connectivity index (χ3v) is 11.5. The van der Waals surface area contributed by atoms with Gasteiger partial charge in [-0.25, -0.2) is 19.3 Å². The quantitative estimate of drug-likeness (QED) is 0.145. The summed E-state index contributed by atoms with van der Waals surface area (Å²) < 4.78 is 17.3. The molecular weight excluding hydrogens is 773 g/mol. The summed E-state index contributed by atoms with van der Waals surface area (Å²) >= 11 is 0. The summed E-state index contributed by atoms with van der Waals surface area (Å²) in [7, 11) is 0. The van der Waals surface area contributed by atoms with Crippen molar-refractivity contribution >= 4 is 24.2 Å². The molecule has 1 N–H and O–H groups in total. The largest absolute Gasteiger partial charge is 0.444 e. The van der Waals surface area contributed by atoms with Gasteiger partial charge >= 0.3 is 18.3 Å². The number of nitrogens with one attached hydrogen (secondary N) is 1. The lowest BCUT2D eigenvalue weighted by molar-refractivity contribution is -0.125. The number of hydrogen-bond acceptors (Lipinski definition) is 10. The molecule has 2 heterocycles. The summed E-state index contributed by atoms with van der Waals surface area (Å²) in [6, 6.07) is 14.1. The Balaban J connectivity index is 1.36. The number of rotatable bonds is 14. The molecule has 1 saturated carbocycles. The van der Waals surface area contributed by atoms with Crippen molar-refractivity contribution in [1.82, 2.24) is 29.9 Å². The van der Waals surface area contributed by atoms with Gasteiger partial charge in [0.1, 0.15) is 16.8 Å². The molecule has 0 radical (unpaired) electrons. The van der Waals surface area contributed by atoms with Crippen molar-refractivity contribution in [3.8, 4) is 0 Å². The van der Waals surface area contributed by atoms with Gasteiger partial charge in [-0.2, -0.15) is 0 Å². The molecule has 338 valence electrons. The Hall–Kier alpha value is -4.23. The highest BCUT2D eigenvalue weighted by atomic mass is 16.6. The van der Waals surface area contributed by atoms with E-state index in [0.29, 0.717) is 45.6 Å². The smallest absolute Gasteiger partial charge is 0.419 e. The number of carbonyl (C=O) groups is 4. The zero-order valence-electron chi connectivity index (χ0n) is 38.5. The van der Waals surface area contributed by atoms with Crippen LogP contribution in [0, 0.1) is 5.92 Å². The minimum Gasteiger partial charge on any atom is -0.444 e. The van der Waals surface area contributed by atoms with Gasteiger partial charge < -0.3 is 24.4 Å². The summed E-state index contributed by atoms with van der Waals surface area (Å²) in [6.07, 6.45) is 9.04. The highest BCUT2D eigenvalue weighted by Gasteiger charge is 2.38. The highest BCUT2D eigenvalue weighted by molar-refractivity contribution is 5.88. The van der Waals surface area contributed by atoms with Gasteiger partial charge in [0, 0.05) is 51.4 Å². The van der Waals surface area contributed by atoms with Crippen molar-refractivity contribution in [1.29, 1.82) is 0 Å². The average Bonchev–Trinajstić information content (AvgIpc) is 3.73. The van der Waals surface area contributed by atoms with E-state index in [1.807, 2.05) is 56.1 Å². The maximum Gasteiger partial charge on any atom is 0.419 e. The number of amides is 4. The first-order valence-corrected chi connectivity index (χ1v) is 22.7. The van der Waals surface area contributed by atoms with Crippen molar-refractivity contribution in [2.75, 3.05) is 45.8 Å². The van der Waals surface area contributed by atoms with Crippen LogP contribution in [0.2, 0.25) is 0 Å². The molecule has 0 bridgehead atoms. The number of aromatic nitrogens is 1. The van der Waals surface area contributed by atoms with Crippen LogP contribution in [-0.4, -0.2) is 117 Å². The van der Waals surface area contributed by atoms with Crippen LogP contribution in [-0.2, 0) is 25.4 Å². The van der Waals surface area contributed by atoms with Crippen molar-refractivity contribution < 1.29 is 33.4 Å². The average molecular weight is 847 g/mol. The number of unbranched alkanes of at least 4 members (excludes halogenated alkanes) is 1. The van der Waals surface area contributed by atoms with E-state index in [2.05, 4.69) is 33.3 Å². The molecule has 61 heavy (non-hydrogen) atoms. The van der Waals surface area contributed by atoms with Crippen molar-refractivity contribution in [2.45, 2.75) is 161 Å². The van der Waals surface area contributed by atoms with Gasteiger partial charge in [-0.05, 0) is 137 Å². The number of nitrogens with zero attached hydrogens (tertiary/aromatic N) is 5. The van der Waals surface area contributed by atoms with Crippen LogP contribution >= 0.6 is 0 Å². The topological polar surface area (TPSA) is 134 Å². The van der Waals surface area contributed by atoms with Crippen LogP contribution in [0.25, 0.3) is 0 Å². The Morgan fingerprint density at radius 1 is 0.787 bits per heavy atom. The van der Waals surface area contributed by atoms with Crippen LogP contribution in [0.4, 0.5) is 14.4 Å². The second-order valence-electron chi connectivity index (χ2n) is 20.1. The van der Waals surface area contributed by atoms with E-state index in [4.69, 9.17) is 19.2 Å². The zero-order chi connectivity index (χ0) is 44.4. The second-order valence-corrected chi connectivity index (χ2v) is 20.1. The lowest BCUT2D eigenvalue weighted by atomic mass is 9.90. The molecule has 13 nitrogen and oxygen atoms in total. The fourth-order valence-corrected chi connectivity index (χ4v) is 8.70.